The van der Waals surface area contributed by atoms with Gasteiger partial charge >= 0.3 is 0 Å². The second-order valence-corrected chi connectivity index (χ2v) is 7.34. The predicted octanol–water partition coefficient (Wildman–Crippen LogP) is 2.11. The summed E-state index contributed by atoms with van der Waals surface area (Å²) < 4.78 is 2.05. The fourth-order valence-corrected chi connectivity index (χ4v) is 4.02. The Morgan fingerprint density at radius 2 is 2.33 bits per heavy atom. The normalized spacial score (nSPS) is 18.2. The molecule has 0 amide bonds. The lowest BCUT2D eigenvalue weighted by molar-refractivity contribution is 0.710. The van der Waals surface area contributed by atoms with Crippen LogP contribution in [0, 0.1) is 0 Å². The van der Waals surface area contributed by atoms with E-state index in [0.29, 0.717) is 5.25 Å². The van der Waals surface area contributed by atoms with Crippen molar-refractivity contribution >= 4 is 23.4 Å². The van der Waals surface area contributed by atoms with Crippen LogP contribution in [-0.2, 0) is 6.42 Å². The zero-order chi connectivity index (χ0) is 16.6. The summed E-state index contributed by atoms with van der Waals surface area (Å²) in [5.41, 5.74) is 0.907. The summed E-state index contributed by atoms with van der Waals surface area (Å²) in [5.74, 6) is 3.23. The number of aryl methyl sites for hydroxylation is 1. The van der Waals surface area contributed by atoms with E-state index in [1.54, 1.807) is 0 Å². The molecule has 0 saturated carbocycles. The number of pyridine rings is 1. The van der Waals surface area contributed by atoms with Crippen LogP contribution in [-0.4, -0.2) is 51.2 Å². The van der Waals surface area contributed by atoms with Crippen LogP contribution in [0.2, 0.25) is 0 Å². The zero-order valence-electron chi connectivity index (χ0n) is 14.2. The van der Waals surface area contributed by atoms with Crippen LogP contribution in [0.5, 0.6) is 0 Å². The lowest BCUT2D eigenvalue weighted by atomic mass is 10.2. The Kier molecular flexibility index (Phi) is 6.34. The van der Waals surface area contributed by atoms with Gasteiger partial charge in [0.25, 0.3) is 0 Å². The summed E-state index contributed by atoms with van der Waals surface area (Å²) >= 11 is 2.05. The van der Waals surface area contributed by atoms with E-state index in [0.717, 1.165) is 49.9 Å². The third-order valence-electron chi connectivity index (χ3n) is 4.08. The molecule has 0 aliphatic carbocycles. The average Bonchev–Trinajstić information content (AvgIpc) is 3.26. The van der Waals surface area contributed by atoms with Gasteiger partial charge in [-0.05, 0) is 44.1 Å². The molecular weight excluding hydrogens is 320 g/mol. The third kappa shape index (κ3) is 4.63. The van der Waals surface area contributed by atoms with Gasteiger partial charge in [0.05, 0.1) is 6.54 Å². The number of thioether (sulfide) groups is 1. The molecule has 1 aliphatic rings. The number of fused-ring (bicyclic) bond motifs is 1. The van der Waals surface area contributed by atoms with Crippen molar-refractivity contribution in [1.29, 1.82) is 0 Å². The van der Waals surface area contributed by atoms with Crippen LogP contribution < -0.4 is 10.6 Å². The topological polar surface area (TPSA) is 66.6 Å². The highest BCUT2D eigenvalue weighted by Gasteiger charge is 2.14. The van der Waals surface area contributed by atoms with Crippen LogP contribution in [0.3, 0.4) is 0 Å². The van der Waals surface area contributed by atoms with E-state index in [9.17, 15) is 0 Å². The van der Waals surface area contributed by atoms with Crippen LogP contribution in [0.15, 0.2) is 29.4 Å². The highest BCUT2D eigenvalue weighted by atomic mass is 32.2. The number of nitrogens with one attached hydrogen (secondary N) is 2. The lowest BCUT2D eigenvalue weighted by Crippen LogP contribution is -2.38. The number of rotatable bonds is 7. The minimum absolute atomic E-state index is 0.697. The molecular formula is C17H26N6S. The van der Waals surface area contributed by atoms with Gasteiger partial charge in [-0.2, -0.15) is 11.8 Å². The number of hydrogen-bond donors (Lipinski definition) is 2. The Morgan fingerprint density at radius 1 is 1.38 bits per heavy atom. The van der Waals surface area contributed by atoms with Crippen molar-refractivity contribution in [1.82, 2.24) is 25.2 Å². The van der Waals surface area contributed by atoms with Gasteiger partial charge in [0.15, 0.2) is 11.6 Å². The smallest absolute Gasteiger partial charge is 0.191 e. The minimum atomic E-state index is 0.697. The summed E-state index contributed by atoms with van der Waals surface area (Å²) in [6.45, 7) is 4.78. The predicted molar refractivity (Wildman–Crippen MR) is 101 cm³/mol. The van der Waals surface area contributed by atoms with Crippen LogP contribution >= 0.6 is 11.8 Å². The molecule has 0 aromatic carbocycles. The fraction of sp³-hybridized carbons (Fsp3) is 0.588. The van der Waals surface area contributed by atoms with Gasteiger partial charge in [-0.25, -0.2) is 0 Å². The molecule has 7 heteroatoms. The number of hydrogen-bond acceptors (Lipinski definition) is 4. The SMILES string of the molecule is CCNC(=NCC1CCCS1)NCCCc1nnc2ccccn12. The molecule has 130 valence electrons. The molecule has 2 aromatic rings. The molecule has 1 saturated heterocycles. The van der Waals surface area contributed by atoms with Gasteiger partial charge in [0.1, 0.15) is 5.82 Å². The summed E-state index contributed by atoms with van der Waals surface area (Å²) in [7, 11) is 0. The quantitative estimate of drug-likeness (QED) is 0.457. The first-order chi connectivity index (χ1) is 11.9. The molecule has 2 N–H and O–H groups in total. The molecule has 1 fully saturated rings. The van der Waals surface area contributed by atoms with E-state index >= 15 is 0 Å². The van der Waals surface area contributed by atoms with E-state index in [1.165, 1.54) is 18.6 Å². The minimum Gasteiger partial charge on any atom is -0.357 e. The molecule has 3 heterocycles. The molecule has 6 nitrogen and oxygen atoms in total. The maximum absolute atomic E-state index is 4.72. The van der Waals surface area contributed by atoms with Crippen LogP contribution in [0.4, 0.5) is 0 Å². The largest absolute Gasteiger partial charge is 0.357 e. The highest BCUT2D eigenvalue weighted by molar-refractivity contribution is 8.00. The van der Waals surface area contributed by atoms with Crippen molar-refractivity contribution in [3.8, 4) is 0 Å². The standard InChI is InChI=1S/C17H26N6S/c1-2-18-17(20-13-14-7-6-12-24-14)19-10-5-9-16-22-21-15-8-3-4-11-23(15)16/h3-4,8,11,14H,2,5-7,9-10,12-13H2,1H3,(H2,18,19,20). The van der Waals surface area contributed by atoms with Crippen molar-refractivity contribution < 1.29 is 0 Å². The maximum atomic E-state index is 4.72. The number of guanidine groups is 1. The van der Waals surface area contributed by atoms with E-state index < -0.39 is 0 Å². The van der Waals surface area contributed by atoms with Gasteiger partial charge in [0, 0.05) is 31.0 Å². The number of nitrogens with zero attached hydrogens (tertiary/aromatic N) is 4. The first-order valence-electron chi connectivity index (χ1n) is 8.79. The molecule has 0 spiro atoms. The Labute approximate surface area is 147 Å². The zero-order valence-corrected chi connectivity index (χ0v) is 15.1. The Bertz CT molecular complexity index is 662. The van der Waals surface area contributed by atoms with Gasteiger partial charge < -0.3 is 10.6 Å². The molecule has 3 rings (SSSR count). The van der Waals surface area contributed by atoms with E-state index in [4.69, 9.17) is 4.99 Å². The molecule has 24 heavy (non-hydrogen) atoms. The van der Waals surface area contributed by atoms with Gasteiger partial charge in [-0.1, -0.05) is 6.07 Å². The first kappa shape index (κ1) is 17.1. The second kappa shape index (κ2) is 8.92. The average molecular weight is 347 g/mol. The van der Waals surface area contributed by atoms with Gasteiger partial charge in [-0.15, -0.1) is 10.2 Å². The monoisotopic (exact) mass is 346 g/mol. The molecule has 0 radical (unpaired) electrons. The number of aliphatic imine (C=N–C) groups is 1. The molecule has 2 aromatic heterocycles. The first-order valence-corrected chi connectivity index (χ1v) is 9.84. The molecule has 1 unspecified atom stereocenters. The molecule has 1 aliphatic heterocycles. The van der Waals surface area contributed by atoms with E-state index in [-0.39, 0.29) is 0 Å². The highest BCUT2D eigenvalue weighted by Crippen LogP contribution is 2.25. The lowest BCUT2D eigenvalue weighted by Gasteiger charge is -2.12. The molecule has 0 bridgehead atoms. The van der Waals surface area contributed by atoms with Crippen molar-refractivity contribution in [2.45, 2.75) is 37.9 Å². The van der Waals surface area contributed by atoms with Gasteiger partial charge in [-0.3, -0.25) is 9.39 Å². The Morgan fingerprint density at radius 3 is 3.17 bits per heavy atom. The summed E-state index contributed by atoms with van der Waals surface area (Å²) in [4.78, 5) is 4.72. The van der Waals surface area contributed by atoms with Gasteiger partial charge in [0.2, 0.25) is 0 Å². The van der Waals surface area contributed by atoms with Crippen molar-refractivity contribution in [3.05, 3.63) is 30.2 Å². The van der Waals surface area contributed by atoms with Crippen LogP contribution in [0.25, 0.3) is 5.65 Å². The summed E-state index contributed by atoms with van der Waals surface area (Å²) in [6.07, 6.45) is 6.55. The van der Waals surface area contributed by atoms with Crippen molar-refractivity contribution in [2.75, 3.05) is 25.4 Å². The third-order valence-corrected chi connectivity index (χ3v) is 5.46. The fourth-order valence-electron chi connectivity index (χ4n) is 2.84. The van der Waals surface area contributed by atoms with E-state index in [2.05, 4.69) is 32.2 Å². The summed E-state index contributed by atoms with van der Waals surface area (Å²) in [6, 6.07) is 5.97. The van der Waals surface area contributed by atoms with E-state index in [1.807, 2.05) is 36.2 Å². The van der Waals surface area contributed by atoms with Crippen LogP contribution in [0.1, 0.15) is 32.0 Å². The van der Waals surface area contributed by atoms with Crippen molar-refractivity contribution in [3.63, 3.8) is 0 Å². The maximum Gasteiger partial charge on any atom is 0.191 e. The molecule has 1 atom stereocenters. The Balaban J connectivity index is 1.45. The summed E-state index contributed by atoms with van der Waals surface area (Å²) in [5, 5.41) is 15.9. The van der Waals surface area contributed by atoms with Crippen molar-refractivity contribution in [2.24, 2.45) is 4.99 Å². The number of aromatic nitrogens is 3. The second-order valence-electron chi connectivity index (χ2n) is 5.93. The Hall–Kier alpha value is -1.76.